The van der Waals surface area contributed by atoms with Crippen LogP contribution in [0.3, 0.4) is 0 Å². The Hall–Kier alpha value is -3.41. The van der Waals surface area contributed by atoms with Crippen LogP contribution in [0.25, 0.3) is 0 Å². The first kappa shape index (κ1) is 19.9. The number of benzene rings is 2. The van der Waals surface area contributed by atoms with Gasteiger partial charge in [0.15, 0.2) is 11.5 Å². The van der Waals surface area contributed by atoms with Crippen molar-refractivity contribution < 1.29 is 18.7 Å². The molecule has 156 valence electrons. The smallest absolute Gasteiger partial charge is 0.258 e. The van der Waals surface area contributed by atoms with E-state index in [9.17, 15) is 4.79 Å². The van der Waals surface area contributed by atoms with Crippen LogP contribution in [0, 0.1) is 5.92 Å². The van der Waals surface area contributed by atoms with Crippen molar-refractivity contribution in [3.63, 3.8) is 0 Å². The Morgan fingerprint density at radius 3 is 2.67 bits per heavy atom. The molecule has 0 spiro atoms. The number of nitrogens with zero attached hydrogens (tertiary/aromatic N) is 1. The van der Waals surface area contributed by atoms with Crippen LogP contribution in [-0.4, -0.2) is 24.5 Å². The number of anilines is 1. The number of fused-ring (bicyclic) bond motifs is 1. The first-order valence-corrected chi connectivity index (χ1v) is 10.1. The fraction of sp³-hybridized carbons (Fsp3) is 0.292. The number of furan rings is 1. The predicted octanol–water partition coefficient (Wildman–Crippen LogP) is 5.09. The topological polar surface area (TPSA) is 63.9 Å². The van der Waals surface area contributed by atoms with Gasteiger partial charge in [-0.05, 0) is 47.9 Å². The first-order chi connectivity index (χ1) is 14.6. The lowest BCUT2D eigenvalue weighted by atomic mass is 10.0. The molecule has 2 heterocycles. The number of amides is 1. The van der Waals surface area contributed by atoms with Crippen molar-refractivity contribution in [3.05, 3.63) is 77.7 Å². The molecule has 0 fully saturated rings. The van der Waals surface area contributed by atoms with Gasteiger partial charge < -0.3 is 24.1 Å². The second-order valence-corrected chi connectivity index (χ2v) is 7.72. The van der Waals surface area contributed by atoms with Crippen LogP contribution < -0.4 is 14.8 Å². The lowest BCUT2D eigenvalue weighted by molar-refractivity contribution is 0.0651. The van der Waals surface area contributed by atoms with Crippen LogP contribution >= 0.6 is 0 Å². The van der Waals surface area contributed by atoms with Crippen LogP contribution in [0.2, 0.25) is 0 Å². The molecule has 1 N–H and O–H groups in total. The van der Waals surface area contributed by atoms with Gasteiger partial charge in [0.25, 0.3) is 5.91 Å². The van der Waals surface area contributed by atoms with Crippen molar-refractivity contribution in [2.24, 2.45) is 5.92 Å². The SMILES string of the molecule is COc1cc([C@@H]2Nc3ccccc3C(=O)N2Cc2ccco2)ccc1OCC(C)C. The van der Waals surface area contributed by atoms with Crippen molar-refractivity contribution in [3.8, 4) is 11.5 Å². The number of ether oxygens (including phenoxy) is 2. The number of rotatable bonds is 7. The normalized spacial score (nSPS) is 15.7. The van der Waals surface area contributed by atoms with E-state index in [0.29, 0.717) is 36.1 Å². The lowest BCUT2D eigenvalue weighted by Crippen LogP contribution is -2.42. The van der Waals surface area contributed by atoms with Crippen molar-refractivity contribution in [1.82, 2.24) is 4.90 Å². The van der Waals surface area contributed by atoms with Gasteiger partial charge in [-0.25, -0.2) is 0 Å². The largest absolute Gasteiger partial charge is 0.493 e. The third-order valence-electron chi connectivity index (χ3n) is 5.00. The Labute approximate surface area is 176 Å². The molecule has 30 heavy (non-hydrogen) atoms. The molecule has 1 aromatic heterocycles. The number of carbonyl (C=O) groups is 1. The quantitative estimate of drug-likeness (QED) is 0.592. The Bertz CT molecular complexity index is 1010. The number of methoxy groups -OCH3 is 1. The number of hydrogen-bond acceptors (Lipinski definition) is 5. The molecule has 1 aliphatic heterocycles. The van der Waals surface area contributed by atoms with Gasteiger partial charge in [0.05, 0.1) is 32.1 Å². The van der Waals surface area contributed by atoms with Gasteiger partial charge in [-0.15, -0.1) is 0 Å². The van der Waals surface area contributed by atoms with E-state index in [2.05, 4.69) is 19.2 Å². The van der Waals surface area contributed by atoms with Crippen molar-refractivity contribution >= 4 is 11.6 Å². The number of carbonyl (C=O) groups excluding carboxylic acids is 1. The Morgan fingerprint density at radius 2 is 1.93 bits per heavy atom. The molecule has 4 rings (SSSR count). The van der Waals surface area contributed by atoms with Crippen LogP contribution in [0.15, 0.2) is 65.3 Å². The van der Waals surface area contributed by atoms with Crippen molar-refractivity contribution in [2.75, 3.05) is 19.0 Å². The zero-order valence-electron chi connectivity index (χ0n) is 17.4. The molecule has 1 aliphatic rings. The van der Waals surface area contributed by atoms with E-state index in [1.165, 1.54) is 0 Å². The molecule has 2 aromatic carbocycles. The molecule has 1 atom stereocenters. The van der Waals surface area contributed by atoms with Gasteiger partial charge in [-0.1, -0.05) is 32.0 Å². The maximum absolute atomic E-state index is 13.3. The van der Waals surface area contributed by atoms with Crippen molar-refractivity contribution in [1.29, 1.82) is 0 Å². The molecule has 0 bridgehead atoms. The zero-order chi connectivity index (χ0) is 21.1. The maximum atomic E-state index is 13.3. The van der Waals surface area contributed by atoms with E-state index in [0.717, 1.165) is 17.0 Å². The van der Waals surface area contributed by atoms with E-state index >= 15 is 0 Å². The molecule has 0 saturated carbocycles. The highest BCUT2D eigenvalue weighted by atomic mass is 16.5. The lowest BCUT2D eigenvalue weighted by Gasteiger charge is -2.38. The van der Waals surface area contributed by atoms with Gasteiger partial charge in [0.1, 0.15) is 11.9 Å². The molecular formula is C24H26N2O4. The summed E-state index contributed by atoms with van der Waals surface area (Å²) in [7, 11) is 1.62. The minimum Gasteiger partial charge on any atom is -0.493 e. The van der Waals surface area contributed by atoms with E-state index in [4.69, 9.17) is 13.9 Å². The second kappa shape index (κ2) is 8.53. The van der Waals surface area contributed by atoms with Gasteiger partial charge >= 0.3 is 0 Å². The average molecular weight is 406 g/mol. The average Bonchev–Trinajstić information content (AvgIpc) is 3.27. The highest BCUT2D eigenvalue weighted by molar-refractivity contribution is 6.01. The minimum absolute atomic E-state index is 0.0511. The van der Waals surface area contributed by atoms with E-state index < -0.39 is 0 Å². The Balaban J connectivity index is 1.70. The zero-order valence-corrected chi connectivity index (χ0v) is 17.4. The summed E-state index contributed by atoms with van der Waals surface area (Å²) in [5.74, 6) is 2.41. The molecular weight excluding hydrogens is 380 g/mol. The van der Waals surface area contributed by atoms with Crippen LogP contribution in [-0.2, 0) is 6.54 Å². The fourth-order valence-corrected chi connectivity index (χ4v) is 3.52. The third kappa shape index (κ3) is 3.99. The van der Waals surface area contributed by atoms with Gasteiger partial charge in [0.2, 0.25) is 0 Å². The standard InChI is InChI=1S/C24H26N2O4/c1-16(2)15-30-21-11-10-17(13-22(21)28-3)23-25-20-9-5-4-8-19(20)24(27)26(23)14-18-7-6-12-29-18/h4-13,16,23,25H,14-15H2,1-3H3/t23-/m1/s1. The predicted molar refractivity (Wildman–Crippen MR) is 115 cm³/mol. The number of hydrogen-bond donors (Lipinski definition) is 1. The van der Waals surface area contributed by atoms with Crippen molar-refractivity contribution in [2.45, 2.75) is 26.6 Å². The highest BCUT2D eigenvalue weighted by Gasteiger charge is 2.33. The summed E-state index contributed by atoms with van der Waals surface area (Å²) >= 11 is 0. The molecule has 6 nitrogen and oxygen atoms in total. The van der Waals surface area contributed by atoms with Crippen LogP contribution in [0.5, 0.6) is 11.5 Å². The van der Waals surface area contributed by atoms with E-state index in [-0.39, 0.29) is 12.1 Å². The summed E-state index contributed by atoms with van der Waals surface area (Å²) in [6, 6.07) is 17.0. The van der Waals surface area contributed by atoms with E-state index in [1.807, 2.05) is 54.6 Å². The molecule has 1 amide bonds. The van der Waals surface area contributed by atoms with Gasteiger partial charge in [-0.2, -0.15) is 0 Å². The molecule has 6 heteroatoms. The summed E-state index contributed by atoms with van der Waals surface area (Å²) in [6.45, 7) is 5.16. The molecule has 0 radical (unpaired) electrons. The highest BCUT2D eigenvalue weighted by Crippen LogP contribution is 2.37. The van der Waals surface area contributed by atoms with Crippen LogP contribution in [0.1, 0.15) is 41.7 Å². The number of nitrogens with one attached hydrogen (secondary N) is 1. The summed E-state index contributed by atoms with van der Waals surface area (Å²) in [6.07, 6.45) is 1.25. The second-order valence-electron chi connectivity index (χ2n) is 7.72. The van der Waals surface area contributed by atoms with E-state index in [1.54, 1.807) is 18.3 Å². The monoisotopic (exact) mass is 406 g/mol. The Morgan fingerprint density at radius 1 is 1.10 bits per heavy atom. The summed E-state index contributed by atoms with van der Waals surface area (Å²) < 4.78 is 17.0. The molecule has 0 saturated heterocycles. The maximum Gasteiger partial charge on any atom is 0.258 e. The molecule has 3 aromatic rings. The van der Waals surface area contributed by atoms with Gasteiger partial charge in [0, 0.05) is 5.69 Å². The summed E-state index contributed by atoms with van der Waals surface area (Å²) in [5.41, 5.74) is 2.35. The summed E-state index contributed by atoms with van der Waals surface area (Å²) in [5, 5.41) is 3.49. The van der Waals surface area contributed by atoms with Crippen LogP contribution in [0.4, 0.5) is 5.69 Å². The fourth-order valence-electron chi connectivity index (χ4n) is 3.52. The molecule has 0 aliphatic carbocycles. The first-order valence-electron chi connectivity index (χ1n) is 10.1. The Kier molecular flexibility index (Phi) is 5.65. The minimum atomic E-state index is -0.370. The van der Waals surface area contributed by atoms with Gasteiger partial charge in [-0.3, -0.25) is 4.79 Å². The number of para-hydroxylation sites is 1. The third-order valence-corrected chi connectivity index (χ3v) is 5.00. The molecule has 0 unspecified atom stereocenters. The summed E-state index contributed by atoms with van der Waals surface area (Å²) in [4.78, 5) is 15.1.